The second kappa shape index (κ2) is 15.2. The smallest absolute Gasteiger partial charge is 0.366 e. The Kier molecular flexibility index (Phi) is 13.4. The third-order valence-electron chi connectivity index (χ3n) is 5.39. The van der Waals surface area contributed by atoms with Crippen molar-refractivity contribution in [2.24, 2.45) is 0 Å². The molecule has 1 aliphatic rings. The fourth-order valence-electron chi connectivity index (χ4n) is 3.68. The van der Waals surface area contributed by atoms with Crippen LogP contribution < -0.4 is 0 Å². The van der Waals surface area contributed by atoms with Crippen LogP contribution in [0.4, 0.5) is 0 Å². The summed E-state index contributed by atoms with van der Waals surface area (Å²) in [5, 5.41) is 19.8. The predicted molar refractivity (Wildman–Crippen MR) is 123 cm³/mol. The third-order valence-corrected chi connectivity index (χ3v) is 5.39. The quantitative estimate of drug-likeness (QED) is 0.142. The van der Waals surface area contributed by atoms with Gasteiger partial charge in [0.15, 0.2) is 0 Å². The molecule has 0 aliphatic heterocycles. The number of aliphatic hydroxyl groups is 2. The number of allylic oxidation sites excluding steroid dienone is 4. The molecule has 0 saturated heterocycles. The van der Waals surface area contributed by atoms with Crippen LogP contribution >= 0.6 is 0 Å². The maximum absolute atomic E-state index is 11.7. The summed E-state index contributed by atoms with van der Waals surface area (Å²) < 4.78 is 4.83. The highest BCUT2D eigenvalue weighted by atomic mass is 16.6. The summed E-state index contributed by atoms with van der Waals surface area (Å²) in [6, 6.07) is 0. The van der Waals surface area contributed by atoms with Crippen LogP contribution in [-0.2, 0) is 9.53 Å². The second-order valence-electron chi connectivity index (χ2n) is 8.40. The Morgan fingerprint density at radius 1 is 1.10 bits per heavy atom. The van der Waals surface area contributed by atoms with Crippen molar-refractivity contribution in [2.75, 3.05) is 6.61 Å². The molecule has 0 spiro atoms. The van der Waals surface area contributed by atoms with E-state index in [1.54, 1.807) is 6.92 Å². The van der Waals surface area contributed by atoms with E-state index in [0.29, 0.717) is 12.0 Å². The lowest BCUT2D eigenvalue weighted by Crippen LogP contribution is -2.40. The molecule has 0 amide bonds. The van der Waals surface area contributed by atoms with Gasteiger partial charge < -0.3 is 14.9 Å². The summed E-state index contributed by atoms with van der Waals surface area (Å²) in [5.41, 5.74) is 6.61. The lowest BCUT2D eigenvalue weighted by atomic mass is 10.0. The highest BCUT2D eigenvalue weighted by molar-refractivity contribution is 5.77. The van der Waals surface area contributed by atoms with E-state index in [1.165, 1.54) is 56.1 Å². The molecular formula is C26H42O4. The van der Waals surface area contributed by atoms with Crippen molar-refractivity contribution >= 4 is 5.97 Å². The van der Waals surface area contributed by atoms with Crippen molar-refractivity contribution in [1.82, 2.24) is 0 Å². The standard InChI is InChI=1S/C26H42O4/c1-4-6-7-8-9-10-11-12-16-23-18-14-19-24(23)17-13-15-22(3)21-26(28,29)25(27)30-20-5-2/h12-13,16,28-29H,4-11,14,17-21H2,1-3H3/b16-12+. The van der Waals surface area contributed by atoms with E-state index >= 15 is 0 Å². The number of unbranched alkanes of at least 4 members (excludes halogenated alkanes) is 6. The molecule has 0 unspecified atom stereocenters. The Balaban J connectivity index is 2.50. The summed E-state index contributed by atoms with van der Waals surface area (Å²) >= 11 is 0. The summed E-state index contributed by atoms with van der Waals surface area (Å²) in [4.78, 5) is 11.7. The van der Waals surface area contributed by atoms with E-state index in [2.05, 4.69) is 24.8 Å². The van der Waals surface area contributed by atoms with Gasteiger partial charge in [-0.05, 0) is 69.1 Å². The monoisotopic (exact) mass is 418 g/mol. The Bertz CT molecular complexity index is 633. The van der Waals surface area contributed by atoms with E-state index in [4.69, 9.17) is 4.74 Å². The average Bonchev–Trinajstić information content (AvgIpc) is 3.15. The molecule has 0 radical (unpaired) electrons. The Hall–Kier alpha value is -1.61. The summed E-state index contributed by atoms with van der Waals surface area (Å²) in [5.74, 6) is -3.49. The van der Waals surface area contributed by atoms with Gasteiger partial charge in [0.2, 0.25) is 0 Å². The fraction of sp³-hybridized carbons (Fsp3) is 0.692. The van der Waals surface area contributed by atoms with Crippen LogP contribution in [-0.4, -0.2) is 28.6 Å². The zero-order valence-electron chi connectivity index (χ0n) is 19.3. The molecule has 30 heavy (non-hydrogen) atoms. The number of carbonyl (C=O) groups is 1. The lowest BCUT2D eigenvalue weighted by molar-refractivity contribution is -0.208. The molecule has 0 aromatic carbocycles. The Labute approximate surface area is 183 Å². The van der Waals surface area contributed by atoms with E-state index in [1.807, 2.05) is 13.0 Å². The minimum atomic E-state index is -2.49. The van der Waals surface area contributed by atoms with Gasteiger partial charge in [-0.1, -0.05) is 63.7 Å². The van der Waals surface area contributed by atoms with Crippen LogP contribution in [0.1, 0.15) is 104 Å². The van der Waals surface area contributed by atoms with Gasteiger partial charge in [0.25, 0.3) is 5.79 Å². The Morgan fingerprint density at radius 3 is 2.57 bits per heavy atom. The van der Waals surface area contributed by atoms with Gasteiger partial charge in [-0.2, -0.15) is 0 Å². The van der Waals surface area contributed by atoms with Crippen LogP contribution in [0.25, 0.3) is 0 Å². The SMILES string of the molecule is CCCCCCCC/C=C/C1=C(CC=C=C(C)CC(O)(O)C(=O)OCCC)CCC1. The number of hydrogen-bond acceptors (Lipinski definition) is 4. The number of ether oxygens (including phenoxy) is 1. The zero-order valence-corrected chi connectivity index (χ0v) is 19.3. The van der Waals surface area contributed by atoms with Crippen LogP contribution in [0.2, 0.25) is 0 Å². The maximum Gasteiger partial charge on any atom is 0.366 e. The largest absolute Gasteiger partial charge is 0.462 e. The molecule has 4 heteroatoms. The molecular weight excluding hydrogens is 376 g/mol. The first-order valence-corrected chi connectivity index (χ1v) is 11.8. The fourth-order valence-corrected chi connectivity index (χ4v) is 3.68. The van der Waals surface area contributed by atoms with Crippen molar-refractivity contribution in [1.29, 1.82) is 0 Å². The average molecular weight is 419 g/mol. The van der Waals surface area contributed by atoms with Crippen molar-refractivity contribution in [2.45, 2.75) is 110 Å². The van der Waals surface area contributed by atoms with Crippen LogP contribution in [0.3, 0.4) is 0 Å². The topological polar surface area (TPSA) is 66.8 Å². The first kappa shape index (κ1) is 26.4. The first-order valence-electron chi connectivity index (χ1n) is 11.8. The van der Waals surface area contributed by atoms with Crippen LogP contribution in [0, 0.1) is 0 Å². The van der Waals surface area contributed by atoms with E-state index in [-0.39, 0.29) is 13.0 Å². The molecule has 170 valence electrons. The van der Waals surface area contributed by atoms with Gasteiger partial charge in [0.1, 0.15) is 0 Å². The second-order valence-corrected chi connectivity index (χ2v) is 8.40. The van der Waals surface area contributed by atoms with E-state index in [9.17, 15) is 15.0 Å². The third kappa shape index (κ3) is 11.0. The van der Waals surface area contributed by atoms with Gasteiger partial charge >= 0.3 is 5.97 Å². The zero-order chi connectivity index (χ0) is 22.2. The van der Waals surface area contributed by atoms with Gasteiger partial charge in [-0.25, -0.2) is 4.79 Å². The molecule has 0 aromatic heterocycles. The molecule has 0 aromatic rings. The Morgan fingerprint density at radius 2 is 1.83 bits per heavy atom. The molecule has 0 heterocycles. The van der Waals surface area contributed by atoms with Gasteiger partial charge in [0.05, 0.1) is 6.61 Å². The van der Waals surface area contributed by atoms with Crippen LogP contribution in [0.15, 0.2) is 40.7 Å². The van der Waals surface area contributed by atoms with Crippen LogP contribution in [0.5, 0.6) is 0 Å². The minimum Gasteiger partial charge on any atom is -0.462 e. The van der Waals surface area contributed by atoms with Crippen molar-refractivity contribution in [3.8, 4) is 0 Å². The molecule has 0 bridgehead atoms. The van der Waals surface area contributed by atoms with E-state index in [0.717, 1.165) is 25.7 Å². The molecule has 2 N–H and O–H groups in total. The summed E-state index contributed by atoms with van der Waals surface area (Å²) in [7, 11) is 0. The lowest BCUT2D eigenvalue weighted by Gasteiger charge is -2.19. The predicted octanol–water partition coefficient (Wildman–Crippen LogP) is 6.29. The summed E-state index contributed by atoms with van der Waals surface area (Å²) in [6.07, 6.45) is 20.4. The molecule has 0 atom stereocenters. The molecule has 4 nitrogen and oxygen atoms in total. The first-order chi connectivity index (χ1) is 14.4. The number of hydrogen-bond donors (Lipinski definition) is 2. The van der Waals surface area contributed by atoms with Crippen molar-refractivity contribution in [3.63, 3.8) is 0 Å². The normalized spacial score (nSPS) is 14.3. The van der Waals surface area contributed by atoms with Crippen molar-refractivity contribution < 1.29 is 19.7 Å². The molecule has 1 rings (SSSR count). The minimum absolute atomic E-state index is 0.184. The van der Waals surface area contributed by atoms with Gasteiger partial charge in [0, 0.05) is 6.42 Å². The highest BCUT2D eigenvalue weighted by Gasteiger charge is 2.35. The molecule has 1 aliphatic carbocycles. The number of esters is 1. The summed E-state index contributed by atoms with van der Waals surface area (Å²) in [6.45, 7) is 6.03. The molecule has 0 saturated carbocycles. The molecule has 0 fully saturated rings. The maximum atomic E-state index is 11.7. The van der Waals surface area contributed by atoms with Gasteiger partial charge in [-0.3, -0.25) is 0 Å². The highest BCUT2D eigenvalue weighted by Crippen LogP contribution is 2.29. The number of carbonyl (C=O) groups excluding carboxylic acids is 1. The van der Waals surface area contributed by atoms with E-state index < -0.39 is 11.8 Å². The number of rotatable bonds is 15. The van der Waals surface area contributed by atoms with Gasteiger partial charge in [-0.15, -0.1) is 5.73 Å². The van der Waals surface area contributed by atoms with Crippen molar-refractivity contribution in [3.05, 3.63) is 40.7 Å².